The number of hydrogen-bond acceptors (Lipinski definition) is 5. The number of anilines is 2. The predicted octanol–water partition coefficient (Wildman–Crippen LogP) is 5.18. The Morgan fingerprint density at radius 3 is 2.24 bits per heavy atom. The second-order valence-corrected chi connectivity index (χ2v) is 7.96. The maximum atomic E-state index is 13.2. The van der Waals surface area contributed by atoms with E-state index in [1.165, 1.54) is 5.56 Å². The first-order valence-corrected chi connectivity index (χ1v) is 11.7. The van der Waals surface area contributed by atoms with Gasteiger partial charge in [0.15, 0.2) is 11.5 Å². The molecule has 1 aliphatic rings. The van der Waals surface area contributed by atoms with Crippen molar-refractivity contribution in [1.82, 2.24) is 5.32 Å². The van der Waals surface area contributed by atoms with E-state index in [-0.39, 0.29) is 5.91 Å². The van der Waals surface area contributed by atoms with Crippen LogP contribution < -0.4 is 25.4 Å². The molecule has 0 aliphatic carbocycles. The molecule has 6 heteroatoms. The smallest absolute Gasteiger partial charge is 0.258 e. The topological polar surface area (TPSA) is 71.6 Å². The zero-order chi connectivity index (χ0) is 23.9. The largest absolute Gasteiger partial charge is 0.490 e. The zero-order valence-electron chi connectivity index (χ0n) is 19.9. The van der Waals surface area contributed by atoms with E-state index in [0.717, 1.165) is 35.5 Å². The van der Waals surface area contributed by atoms with Gasteiger partial charge in [0, 0.05) is 17.3 Å². The number of rotatable bonds is 10. The molecule has 3 aromatic rings. The molecular weight excluding hydrogens is 426 g/mol. The molecule has 3 N–H and O–H groups in total. The fraction of sp³-hybridized carbons (Fsp3) is 0.250. The second-order valence-electron chi connectivity index (χ2n) is 7.96. The summed E-state index contributed by atoms with van der Waals surface area (Å²) in [4.78, 5) is 13.2. The number of nitrogens with one attached hydrogen (secondary N) is 3. The minimum atomic E-state index is -0.164. The summed E-state index contributed by atoms with van der Waals surface area (Å²) in [5.74, 6) is 1.08. The van der Waals surface area contributed by atoms with Gasteiger partial charge in [-0.25, -0.2) is 0 Å². The number of ether oxygens (including phenoxy) is 2. The van der Waals surface area contributed by atoms with Crippen LogP contribution in [0.2, 0.25) is 0 Å². The Kier molecular flexibility index (Phi) is 7.50. The number of benzene rings is 3. The second kappa shape index (κ2) is 10.9. The molecule has 6 nitrogen and oxygen atoms in total. The van der Waals surface area contributed by atoms with Gasteiger partial charge in [-0.2, -0.15) is 0 Å². The lowest BCUT2D eigenvalue weighted by Crippen LogP contribution is -2.11. The molecule has 0 fully saturated rings. The van der Waals surface area contributed by atoms with Crippen molar-refractivity contribution in [1.29, 1.82) is 0 Å². The van der Waals surface area contributed by atoms with E-state index >= 15 is 0 Å². The van der Waals surface area contributed by atoms with E-state index in [1.807, 2.05) is 75.5 Å². The third kappa shape index (κ3) is 5.07. The van der Waals surface area contributed by atoms with E-state index < -0.39 is 0 Å². The standard InChI is InChI=1S/C28H31N3O3/c1-4-33-24-17-22-23(18-25(24)34-5-2)31-28(32)26(22)27(20-9-7-6-8-10-20)30-21-13-11-19(12-14-21)15-16-29-3/h6-14,17-18,29-30H,4-5,15-16H2,1-3H3,(H,31,32)/b27-26-. The normalized spacial score (nSPS) is 13.8. The Morgan fingerprint density at radius 2 is 1.59 bits per heavy atom. The summed E-state index contributed by atoms with van der Waals surface area (Å²) >= 11 is 0. The van der Waals surface area contributed by atoms with Crippen LogP contribution in [0.15, 0.2) is 66.7 Å². The van der Waals surface area contributed by atoms with Gasteiger partial charge in [-0.1, -0.05) is 42.5 Å². The maximum Gasteiger partial charge on any atom is 0.258 e. The highest BCUT2D eigenvalue weighted by molar-refractivity contribution is 6.37. The van der Waals surface area contributed by atoms with Gasteiger partial charge in [-0.05, 0) is 63.2 Å². The van der Waals surface area contributed by atoms with Gasteiger partial charge in [0.2, 0.25) is 0 Å². The molecule has 0 aromatic heterocycles. The summed E-state index contributed by atoms with van der Waals surface area (Å²) in [6.07, 6.45) is 0.960. The minimum Gasteiger partial charge on any atom is -0.490 e. The molecule has 0 saturated carbocycles. The summed E-state index contributed by atoms with van der Waals surface area (Å²) < 4.78 is 11.6. The monoisotopic (exact) mass is 457 g/mol. The van der Waals surface area contributed by atoms with Gasteiger partial charge >= 0.3 is 0 Å². The van der Waals surface area contributed by atoms with Crippen molar-refractivity contribution in [3.8, 4) is 11.5 Å². The average Bonchev–Trinajstić information content (AvgIpc) is 3.17. The van der Waals surface area contributed by atoms with Crippen LogP contribution in [-0.2, 0) is 11.2 Å². The molecule has 34 heavy (non-hydrogen) atoms. The lowest BCUT2D eigenvalue weighted by molar-refractivity contribution is -0.110. The Morgan fingerprint density at radius 1 is 0.912 bits per heavy atom. The van der Waals surface area contributed by atoms with Crippen molar-refractivity contribution in [2.45, 2.75) is 20.3 Å². The lowest BCUT2D eigenvalue weighted by Gasteiger charge is -2.16. The highest BCUT2D eigenvalue weighted by atomic mass is 16.5. The molecule has 3 aromatic carbocycles. The van der Waals surface area contributed by atoms with Crippen LogP contribution in [0.3, 0.4) is 0 Å². The average molecular weight is 458 g/mol. The zero-order valence-corrected chi connectivity index (χ0v) is 19.9. The van der Waals surface area contributed by atoms with E-state index in [2.05, 4.69) is 28.1 Å². The first kappa shape index (κ1) is 23.4. The SMILES string of the molecule is CCOc1cc2c(cc1OCC)/C(=C(/Nc1ccc(CCNC)cc1)c1ccccc1)C(=O)N2. The molecule has 0 bridgehead atoms. The van der Waals surface area contributed by atoms with Crippen LogP contribution in [-0.4, -0.2) is 32.7 Å². The van der Waals surface area contributed by atoms with Crippen molar-refractivity contribution in [3.05, 3.63) is 83.4 Å². The summed E-state index contributed by atoms with van der Waals surface area (Å²) in [5, 5.41) is 9.69. The molecular formula is C28H31N3O3. The van der Waals surface area contributed by atoms with E-state index in [1.54, 1.807) is 0 Å². The van der Waals surface area contributed by atoms with E-state index in [4.69, 9.17) is 9.47 Å². The van der Waals surface area contributed by atoms with Crippen LogP contribution in [0, 0.1) is 0 Å². The molecule has 1 amide bonds. The molecule has 4 rings (SSSR count). The Labute approximate surface area is 201 Å². The maximum absolute atomic E-state index is 13.2. The molecule has 0 radical (unpaired) electrons. The highest BCUT2D eigenvalue weighted by Gasteiger charge is 2.30. The van der Waals surface area contributed by atoms with Gasteiger partial charge in [-0.3, -0.25) is 4.79 Å². The van der Waals surface area contributed by atoms with Crippen molar-refractivity contribution in [2.24, 2.45) is 0 Å². The Bertz CT molecular complexity index is 1170. The molecule has 0 unspecified atom stereocenters. The summed E-state index contributed by atoms with van der Waals surface area (Å²) in [7, 11) is 1.95. The van der Waals surface area contributed by atoms with Crippen molar-refractivity contribution in [3.63, 3.8) is 0 Å². The van der Waals surface area contributed by atoms with Gasteiger partial charge < -0.3 is 25.4 Å². The number of fused-ring (bicyclic) bond motifs is 1. The fourth-order valence-electron chi connectivity index (χ4n) is 4.01. The fourth-order valence-corrected chi connectivity index (χ4v) is 4.01. The molecule has 0 atom stereocenters. The highest BCUT2D eigenvalue weighted by Crippen LogP contribution is 2.43. The van der Waals surface area contributed by atoms with E-state index in [0.29, 0.717) is 36.0 Å². The molecule has 0 spiro atoms. The number of amides is 1. The van der Waals surface area contributed by atoms with Crippen LogP contribution in [0.4, 0.5) is 11.4 Å². The van der Waals surface area contributed by atoms with Gasteiger partial charge in [0.05, 0.1) is 30.2 Å². The minimum absolute atomic E-state index is 0.164. The summed E-state index contributed by atoms with van der Waals surface area (Å²) in [6.45, 7) is 5.79. The van der Waals surface area contributed by atoms with Crippen molar-refractivity contribution in [2.75, 3.05) is 37.4 Å². The summed E-state index contributed by atoms with van der Waals surface area (Å²) in [5.41, 5.74) is 5.90. The van der Waals surface area contributed by atoms with Crippen LogP contribution in [0.5, 0.6) is 11.5 Å². The first-order chi connectivity index (χ1) is 16.6. The summed E-state index contributed by atoms with van der Waals surface area (Å²) in [6, 6.07) is 21.9. The molecule has 0 saturated heterocycles. The van der Waals surface area contributed by atoms with Crippen LogP contribution in [0.25, 0.3) is 11.3 Å². The van der Waals surface area contributed by atoms with Gasteiger partial charge in [0.1, 0.15) is 0 Å². The van der Waals surface area contributed by atoms with E-state index in [9.17, 15) is 4.79 Å². The van der Waals surface area contributed by atoms with Crippen molar-refractivity contribution < 1.29 is 14.3 Å². The first-order valence-electron chi connectivity index (χ1n) is 11.7. The number of likely N-dealkylation sites (N-methyl/N-ethyl adjacent to an activating group) is 1. The lowest BCUT2D eigenvalue weighted by atomic mass is 9.99. The number of carbonyl (C=O) groups is 1. The third-order valence-electron chi connectivity index (χ3n) is 5.63. The van der Waals surface area contributed by atoms with Crippen LogP contribution >= 0.6 is 0 Å². The van der Waals surface area contributed by atoms with Crippen LogP contribution in [0.1, 0.15) is 30.5 Å². The third-order valence-corrected chi connectivity index (χ3v) is 5.63. The van der Waals surface area contributed by atoms with Crippen molar-refractivity contribution >= 4 is 28.6 Å². The Balaban J connectivity index is 1.80. The Hall–Kier alpha value is -3.77. The molecule has 1 heterocycles. The molecule has 176 valence electrons. The predicted molar refractivity (Wildman–Crippen MR) is 138 cm³/mol. The molecule has 1 aliphatic heterocycles. The number of hydrogen-bond donors (Lipinski definition) is 3. The number of carbonyl (C=O) groups excluding carboxylic acids is 1. The van der Waals surface area contributed by atoms with Gasteiger partial charge in [0.25, 0.3) is 5.91 Å². The van der Waals surface area contributed by atoms with Gasteiger partial charge in [-0.15, -0.1) is 0 Å². The quantitative estimate of drug-likeness (QED) is 0.366.